The zero-order valence-electron chi connectivity index (χ0n) is 8.20. The molecule has 0 saturated carbocycles. The lowest BCUT2D eigenvalue weighted by atomic mass is 10.3. The van der Waals surface area contributed by atoms with Gasteiger partial charge in [-0.2, -0.15) is 5.10 Å². The Morgan fingerprint density at radius 3 is 3.07 bits per heavy atom. The van der Waals surface area contributed by atoms with E-state index in [1.165, 1.54) is 5.56 Å². The van der Waals surface area contributed by atoms with Gasteiger partial charge in [0, 0.05) is 11.4 Å². The summed E-state index contributed by atoms with van der Waals surface area (Å²) in [6.45, 7) is 4.85. The third-order valence-electron chi connectivity index (χ3n) is 1.59. The number of nitrogens with one attached hydrogen (secondary N) is 2. The summed E-state index contributed by atoms with van der Waals surface area (Å²) in [6, 6.07) is 2.06. The molecule has 0 amide bonds. The van der Waals surface area contributed by atoms with Gasteiger partial charge in [0.05, 0.1) is 6.21 Å². The van der Waals surface area contributed by atoms with Crippen LogP contribution in [0.1, 0.15) is 17.4 Å². The van der Waals surface area contributed by atoms with E-state index in [0.29, 0.717) is 5.11 Å². The van der Waals surface area contributed by atoms with Gasteiger partial charge in [-0.3, -0.25) is 5.43 Å². The first-order valence-corrected chi connectivity index (χ1v) is 5.64. The molecule has 1 rings (SSSR count). The molecule has 5 heteroatoms. The highest BCUT2D eigenvalue weighted by molar-refractivity contribution is 7.80. The third-order valence-corrected chi connectivity index (χ3v) is 2.78. The number of nitrogens with zero attached hydrogens (tertiary/aromatic N) is 1. The molecule has 0 radical (unpaired) electrons. The molecule has 3 nitrogen and oxygen atoms in total. The van der Waals surface area contributed by atoms with E-state index >= 15 is 0 Å². The average Bonchev–Trinajstić information content (AvgIpc) is 2.52. The molecule has 14 heavy (non-hydrogen) atoms. The molecule has 0 saturated heterocycles. The monoisotopic (exact) mass is 227 g/mol. The third kappa shape index (κ3) is 3.43. The number of aryl methyl sites for hydroxylation is 1. The van der Waals surface area contributed by atoms with Crippen molar-refractivity contribution in [2.75, 3.05) is 6.54 Å². The van der Waals surface area contributed by atoms with Gasteiger partial charge in [-0.05, 0) is 43.1 Å². The fourth-order valence-electron chi connectivity index (χ4n) is 0.866. The van der Waals surface area contributed by atoms with Crippen molar-refractivity contribution >= 4 is 34.9 Å². The van der Waals surface area contributed by atoms with Gasteiger partial charge in [0.1, 0.15) is 0 Å². The number of hydrazone groups is 1. The fourth-order valence-corrected chi connectivity index (χ4v) is 1.85. The number of rotatable bonds is 3. The van der Waals surface area contributed by atoms with Gasteiger partial charge in [0.25, 0.3) is 0 Å². The molecule has 0 aliphatic carbocycles. The highest BCUT2D eigenvalue weighted by Gasteiger charge is 1.94. The van der Waals surface area contributed by atoms with E-state index in [2.05, 4.69) is 28.8 Å². The summed E-state index contributed by atoms with van der Waals surface area (Å²) in [5.74, 6) is 0. The molecule has 0 spiro atoms. The first kappa shape index (κ1) is 11.1. The SMILES string of the molecule is CCNC(=S)N/N=C/c1sccc1C. The van der Waals surface area contributed by atoms with Crippen LogP contribution in [0, 0.1) is 6.92 Å². The van der Waals surface area contributed by atoms with Crippen molar-refractivity contribution in [3.8, 4) is 0 Å². The molecule has 0 atom stereocenters. The Balaban J connectivity index is 2.42. The van der Waals surface area contributed by atoms with Crippen LogP contribution in [0.4, 0.5) is 0 Å². The van der Waals surface area contributed by atoms with Crippen LogP contribution in [0.2, 0.25) is 0 Å². The van der Waals surface area contributed by atoms with Crippen LogP contribution >= 0.6 is 23.6 Å². The van der Waals surface area contributed by atoms with Crippen LogP contribution in [0.5, 0.6) is 0 Å². The zero-order valence-corrected chi connectivity index (χ0v) is 9.84. The quantitative estimate of drug-likeness (QED) is 0.470. The second-order valence-corrected chi connectivity index (χ2v) is 4.05. The van der Waals surface area contributed by atoms with Gasteiger partial charge in [0.15, 0.2) is 5.11 Å². The summed E-state index contributed by atoms with van der Waals surface area (Å²) in [4.78, 5) is 1.15. The fraction of sp³-hybridized carbons (Fsp3) is 0.333. The lowest BCUT2D eigenvalue weighted by Crippen LogP contribution is -2.31. The Hall–Kier alpha value is -0.940. The molecular weight excluding hydrogens is 214 g/mol. The Morgan fingerprint density at radius 2 is 2.50 bits per heavy atom. The molecule has 0 aliphatic heterocycles. The topological polar surface area (TPSA) is 36.4 Å². The Kier molecular flexibility index (Phi) is 4.55. The molecule has 0 fully saturated rings. The molecule has 0 aliphatic rings. The molecule has 0 unspecified atom stereocenters. The predicted molar refractivity (Wildman–Crippen MR) is 66.1 cm³/mol. The van der Waals surface area contributed by atoms with E-state index < -0.39 is 0 Å². The summed E-state index contributed by atoms with van der Waals surface area (Å²) in [5, 5.41) is 9.57. The average molecular weight is 227 g/mol. The number of hydrogen-bond donors (Lipinski definition) is 2. The summed E-state index contributed by atoms with van der Waals surface area (Å²) in [7, 11) is 0. The first-order chi connectivity index (χ1) is 6.74. The van der Waals surface area contributed by atoms with Crippen LogP contribution in [0.3, 0.4) is 0 Å². The van der Waals surface area contributed by atoms with Crippen molar-refractivity contribution in [1.29, 1.82) is 0 Å². The second-order valence-electron chi connectivity index (χ2n) is 2.70. The van der Waals surface area contributed by atoms with E-state index in [1.54, 1.807) is 17.6 Å². The largest absolute Gasteiger partial charge is 0.362 e. The van der Waals surface area contributed by atoms with Crippen molar-refractivity contribution in [1.82, 2.24) is 10.7 Å². The Bertz CT molecular complexity index is 331. The maximum absolute atomic E-state index is 4.95. The molecule has 76 valence electrons. The standard InChI is InChI=1S/C9H13N3S2/c1-3-10-9(13)12-11-6-8-7(2)4-5-14-8/h4-6H,3H2,1-2H3,(H2,10,12,13)/b11-6+. The van der Waals surface area contributed by atoms with Crippen molar-refractivity contribution in [2.24, 2.45) is 5.10 Å². The number of thiocarbonyl (C=S) groups is 1. The van der Waals surface area contributed by atoms with E-state index in [1.807, 2.05) is 12.3 Å². The van der Waals surface area contributed by atoms with Gasteiger partial charge < -0.3 is 5.32 Å². The van der Waals surface area contributed by atoms with Crippen LogP contribution in [-0.4, -0.2) is 17.9 Å². The van der Waals surface area contributed by atoms with Gasteiger partial charge in [-0.1, -0.05) is 0 Å². The smallest absolute Gasteiger partial charge is 0.186 e. The molecule has 0 aromatic carbocycles. The maximum atomic E-state index is 4.95. The van der Waals surface area contributed by atoms with Gasteiger partial charge in [-0.15, -0.1) is 11.3 Å². The molecule has 0 bridgehead atoms. The summed E-state index contributed by atoms with van der Waals surface area (Å²) < 4.78 is 0. The lowest BCUT2D eigenvalue weighted by Gasteiger charge is -2.02. The van der Waals surface area contributed by atoms with Gasteiger partial charge in [0.2, 0.25) is 0 Å². The molecule has 1 aromatic heterocycles. The normalized spacial score (nSPS) is 10.4. The minimum Gasteiger partial charge on any atom is -0.362 e. The van der Waals surface area contributed by atoms with Gasteiger partial charge in [-0.25, -0.2) is 0 Å². The summed E-state index contributed by atoms with van der Waals surface area (Å²) in [6.07, 6.45) is 1.78. The predicted octanol–water partition coefficient (Wildman–Crippen LogP) is 1.87. The van der Waals surface area contributed by atoms with Crippen molar-refractivity contribution in [2.45, 2.75) is 13.8 Å². The highest BCUT2D eigenvalue weighted by atomic mass is 32.1. The van der Waals surface area contributed by atoms with E-state index in [0.717, 1.165) is 11.4 Å². The van der Waals surface area contributed by atoms with Gasteiger partial charge >= 0.3 is 0 Å². The van der Waals surface area contributed by atoms with E-state index in [-0.39, 0.29) is 0 Å². The minimum atomic E-state index is 0.554. The number of thiophene rings is 1. The van der Waals surface area contributed by atoms with Crippen molar-refractivity contribution < 1.29 is 0 Å². The number of hydrogen-bond acceptors (Lipinski definition) is 3. The molecular formula is C9H13N3S2. The van der Waals surface area contributed by atoms with Crippen LogP contribution in [-0.2, 0) is 0 Å². The maximum Gasteiger partial charge on any atom is 0.186 e. The van der Waals surface area contributed by atoms with Crippen molar-refractivity contribution in [3.63, 3.8) is 0 Å². The first-order valence-electron chi connectivity index (χ1n) is 4.35. The highest BCUT2D eigenvalue weighted by Crippen LogP contribution is 2.12. The Labute approximate surface area is 93.2 Å². The van der Waals surface area contributed by atoms with E-state index in [4.69, 9.17) is 12.2 Å². The summed E-state index contributed by atoms with van der Waals surface area (Å²) >= 11 is 6.61. The minimum absolute atomic E-state index is 0.554. The molecule has 1 heterocycles. The van der Waals surface area contributed by atoms with Crippen LogP contribution in [0.25, 0.3) is 0 Å². The molecule has 1 aromatic rings. The lowest BCUT2D eigenvalue weighted by molar-refractivity contribution is 0.904. The zero-order chi connectivity index (χ0) is 10.4. The van der Waals surface area contributed by atoms with E-state index in [9.17, 15) is 0 Å². The summed E-state index contributed by atoms with van der Waals surface area (Å²) in [5.41, 5.74) is 3.98. The Morgan fingerprint density at radius 1 is 1.71 bits per heavy atom. The second kappa shape index (κ2) is 5.72. The van der Waals surface area contributed by atoms with Crippen LogP contribution < -0.4 is 10.7 Å². The van der Waals surface area contributed by atoms with Crippen LogP contribution in [0.15, 0.2) is 16.5 Å². The molecule has 2 N–H and O–H groups in total. The van der Waals surface area contributed by atoms with Crippen molar-refractivity contribution in [3.05, 3.63) is 21.9 Å².